The summed E-state index contributed by atoms with van der Waals surface area (Å²) in [7, 11) is 0. The van der Waals surface area contributed by atoms with Gasteiger partial charge in [0.15, 0.2) is 0 Å². The monoisotopic (exact) mass is 409 g/mol. The Morgan fingerprint density at radius 3 is 2.37 bits per heavy atom. The zero-order chi connectivity index (χ0) is 21.3. The van der Waals surface area contributed by atoms with Crippen molar-refractivity contribution in [2.24, 2.45) is 0 Å². The van der Waals surface area contributed by atoms with Gasteiger partial charge in [0.25, 0.3) is 5.91 Å². The third kappa shape index (κ3) is 3.92. The Bertz CT molecular complexity index is 982. The van der Waals surface area contributed by atoms with E-state index < -0.39 is 11.7 Å². The second kappa shape index (κ2) is 8.26. The Morgan fingerprint density at radius 1 is 1.03 bits per heavy atom. The highest BCUT2D eigenvalue weighted by molar-refractivity contribution is 6.01. The summed E-state index contributed by atoms with van der Waals surface area (Å²) in [6.45, 7) is 3.76. The number of carbonyl (C=O) groups excluding carboxylic acids is 3. The summed E-state index contributed by atoms with van der Waals surface area (Å²) in [5.41, 5.74) is 2.81. The average molecular weight is 409 g/mol. The summed E-state index contributed by atoms with van der Waals surface area (Å²) in [6.07, 6.45) is 0.963. The summed E-state index contributed by atoms with van der Waals surface area (Å²) in [5.74, 6) is -1.57. The second-order valence-electron chi connectivity index (χ2n) is 7.70. The van der Waals surface area contributed by atoms with Crippen LogP contribution in [-0.4, -0.2) is 53.7 Å². The van der Waals surface area contributed by atoms with E-state index in [2.05, 4.69) is 12.2 Å². The molecule has 1 N–H and O–H groups in total. The van der Waals surface area contributed by atoms with Crippen LogP contribution in [0.25, 0.3) is 0 Å². The summed E-state index contributed by atoms with van der Waals surface area (Å²) in [4.78, 5) is 41.3. The molecule has 2 aliphatic heterocycles. The van der Waals surface area contributed by atoms with E-state index in [0.29, 0.717) is 43.0 Å². The number of hydrogen-bond donors (Lipinski definition) is 1. The van der Waals surface area contributed by atoms with E-state index >= 15 is 0 Å². The Hall–Kier alpha value is -3.22. The Kier molecular flexibility index (Phi) is 5.53. The SMILES string of the molecule is CCc1ccc(C(=O)N2CCN(C(=O)C3CC(=O)Nc4cc(F)ccc43)CC2)cc1. The number of nitrogens with one attached hydrogen (secondary N) is 1. The maximum Gasteiger partial charge on any atom is 0.253 e. The number of amides is 3. The number of carbonyl (C=O) groups is 3. The van der Waals surface area contributed by atoms with Gasteiger partial charge in [0.1, 0.15) is 5.82 Å². The van der Waals surface area contributed by atoms with Crippen LogP contribution >= 0.6 is 0 Å². The first-order valence-electron chi connectivity index (χ1n) is 10.2. The molecule has 2 aliphatic rings. The van der Waals surface area contributed by atoms with Crippen LogP contribution in [0.4, 0.5) is 10.1 Å². The van der Waals surface area contributed by atoms with Crippen molar-refractivity contribution in [2.45, 2.75) is 25.7 Å². The van der Waals surface area contributed by atoms with Gasteiger partial charge in [-0.05, 0) is 41.8 Å². The highest BCUT2D eigenvalue weighted by atomic mass is 19.1. The molecule has 30 heavy (non-hydrogen) atoms. The van der Waals surface area contributed by atoms with Gasteiger partial charge in [0.05, 0.1) is 5.92 Å². The van der Waals surface area contributed by atoms with Crippen LogP contribution in [0, 0.1) is 5.82 Å². The van der Waals surface area contributed by atoms with Crippen molar-refractivity contribution >= 4 is 23.4 Å². The zero-order valence-corrected chi connectivity index (χ0v) is 16.9. The molecule has 0 saturated carbocycles. The van der Waals surface area contributed by atoms with E-state index in [1.54, 1.807) is 15.9 Å². The molecule has 2 aromatic carbocycles. The molecule has 0 aliphatic carbocycles. The first-order chi connectivity index (χ1) is 14.5. The maximum absolute atomic E-state index is 13.5. The predicted octanol–water partition coefficient (Wildman–Crippen LogP) is 2.80. The predicted molar refractivity (Wildman–Crippen MR) is 111 cm³/mol. The van der Waals surface area contributed by atoms with Crippen LogP contribution in [0.3, 0.4) is 0 Å². The van der Waals surface area contributed by atoms with Gasteiger partial charge in [0.2, 0.25) is 11.8 Å². The number of halogens is 1. The zero-order valence-electron chi connectivity index (χ0n) is 16.9. The van der Waals surface area contributed by atoms with Crippen molar-refractivity contribution in [1.29, 1.82) is 0 Å². The Balaban J connectivity index is 1.42. The lowest BCUT2D eigenvalue weighted by Crippen LogP contribution is -2.52. The van der Waals surface area contributed by atoms with Crippen molar-refractivity contribution in [3.8, 4) is 0 Å². The van der Waals surface area contributed by atoms with Gasteiger partial charge in [-0.15, -0.1) is 0 Å². The quantitative estimate of drug-likeness (QED) is 0.848. The van der Waals surface area contributed by atoms with Gasteiger partial charge in [-0.2, -0.15) is 0 Å². The highest BCUT2D eigenvalue weighted by Crippen LogP contribution is 2.34. The third-order valence-electron chi connectivity index (χ3n) is 5.84. The van der Waals surface area contributed by atoms with Crippen molar-refractivity contribution < 1.29 is 18.8 Å². The number of rotatable bonds is 3. The van der Waals surface area contributed by atoms with Gasteiger partial charge < -0.3 is 15.1 Å². The largest absolute Gasteiger partial charge is 0.339 e. The van der Waals surface area contributed by atoms with E-state index in [4.69, 9.17) is 0 Å². The van der Waals surface area contributed by atoms with E-state index in [9.17, 15) is 18.8 Å². The maximum atomic E-state index is 13.5. The molecule has 1 atom stereocenters. The van der Waals surface area contributed by atoms with Crippen molar-refractivity contribution in [3.63, 3.8) is 0 Å². The first kappa shape index (κ1) is 20.1. The van der Waals surface area contributed by atoms with Crippen LogP contribution < -0.4 is 5.32 Å². The number of anilines is 1. The van der Waals surface area contributed by atoms with E-state index in [1.165, 1.54) is 17.7 Å². The first-order valence-corrected chi connectivity index (χ1v) is 10.2. The molecule has 0 aromatic heterocycles. The molecule has 7 heteroatoms. The fraction of sp³-hybridized carbons (Fsp3) is 0.348. The molecule has 4 rings (SSSR count). The molecule has 3 amide bonds. The number of aryl methyl sites for hydroxylation is 1. The number of nitrogens with zero attached hydrogens (tertiary/aromatic N) is 2. The molecule has 2 heterocycles. The molecular formula is C23H24FN3O3. The van der Waals surface area contributed by atoms with E-state index in [0.717, 1.165) is 6.42 Å². The molecule has 0 radical (unpaired) electrons. The molecule has 156 valence electrons. The van der Waals surface area contributed by atoms with Crippen LogP contribution in [0.1, 0.15) is 40.7 Å². The van der Waals surface area contributed by atoms with Crippen molar-refractivity contribution in [2.75, 3.05) is 31.5 Å². The van der Waals surface area contributed by atoms with Gasteiger partial charge >= 0.3 is 0 Å². The topological polar surface area (TPSA) is 69.7 Å². The second-order valence-corrected chi connectivity index (χ2v) is 7.70. The number of hydrogen-bond acceptors (Lipinski definition) is 3. The Morgan fingerprint density at radius 2 is 1.70 bits per heavy atom. The molecular weight excluding hydrogens is 385 g/mol. The summed E-state index contributed by atoms with van der Waals surface area (Å²) >= 11 is 0. The molecule has 1 fully saturated rings. The average Bonchev–Trinajstić information content (AvgIpc) is 2.77. The lowest BCUT2D eigenvalue weighted by atomic mass is 9.89. The van der Waals surface area contributed by atoms with Gasteiger partial charge in [-0.1, -0.05) is 25.1 Å². The molecule has 6 nitrogen and oxygen atoms in total. The van der Waals surface area contributed by atoms with Gasteiger partial charge in [0, 0.05) is 43.9 Å². The third-order valence-corrected chi connectivity index (χ3v) is 5.84. The number of benzene rings is 2. The smallest absolute Gasteiger partial charge is 0.253 e. The Labute approximate surface area is 174 Å². The van der Waals surface area contributed by atoms with Crippen LogP contribution in [0.2, 0.25) is 0 Å². The lowest BCUT2D eigenvalue weighted by molar-refractivity contribution is -0.136. The minimum atomic E-state index is -0.627. The molecule has 1 unspecified atom stereocenters. The fourth-order valence-electron chi connectivity index (χ4n) is 4.07. The summed E-state index contributed by atoms with van der Waals surface area (Å²) in [6, 6.07) is 11.7. The van der Waals surface area contributed by atoms with Crippen molar-refractivity contribution in [1.82, 2.24) is 9.80 Å². The van der Waals surface area contributed by atoms with Gasteiger partial charge in [-0.3, -0.25) is 14.4 Å². The highest BCUT2D eigenvalue weighted by Gasteiger charge is 2.35. The number of fused-ring (bicyclic) bond motifs is 1. The van der Waals surface area contributed by atoms with Crippen LogP contribution in [-0.2, 0) is 16.0 Å². The molecule has 1 saturated heterocycles. The van der Waals surface area contributed by atoms with Gasteiger partial charge in [-0.25, -0.2) is 4.39 Å². The molecule has 0 spiro atoms. The minimum Gasteiger partial charge on any atom is -0.339 e. The standard InChI is InChI=1S/C23H24FN3O3/c1-2-15-3-5-16(6-4-15)22(29)26-9-11-27(12-10-26)23(30)19-14-21(28)25-20-13-17(24)7-8-18(19)20/h3-8,13,19H,2,9-12,14H2,1H3,(H,25,28). The molecule has 2 aromatic rings. The normalized spacial score (nSPS) is 18.6. The number of piperazine rings is 1. The van der Waals surface area contributed by atoms with E-state index in [1.807, 2.05) is 24.3 Å². The summed E-state index contributed by atoms with van der Waals surface area (Å²) in [5, 5.41) is 2.63. The summed E-state index contributed by atoms with van der Waals surface area (Å²) < 4.78 is 13.5. The van der Waals surface area contributed by atoms with Crippen LogP contribution in [0.15, 0.2) is 42.5 Å². The van der Waals surface area contributed by atoms with E-state index in [-0.39, 0.29) is 24.1 Å². The minimum absolute atomic E-state index is 0.0392. The lowest BCUT2D eigenvalue weighted by Gasteiger charge is -2.37. The fourth-order valence-corrected chi connectivity index (χ4v) is 4.07. The molecule has 0 bridgehead atoms. The van der Waals surface area contributed by atoms with Crippen LogP contribution in [0.5, 0.6) is 0 Å². The van der Waals surface area contributed by atoms with Crippen molar-refractivity contribution in [3.05, 3.63) is 65.0 Å².